The van der Waals surface area contributed by atoms with Gasteiger partial charge in [0, 0.05) is 10.9 Å². The molecule has 0 fully saturated rings. The Morgan fingerprint density at radius 1 is 1.11 bits per heavy atom. The molecule has 0 bridgehead atoms. The SMILES string of the molecule is COc1cc2c(-c3ccc(CS(N)(=O)=O)cc3F)n[nH]c(=O)c2cc1OC. The number of H-pyrrole nitrogens is 1. The zero-order valence-corrected chi connectivity index (χ0v) is 15.3. The van der Waals surface area contributed by atoms with Gasteiger partial charge in [-0.1, -0.05) is 6.07 Å². The lowest BCUT2D eigenvalue weighted by Gasteiger charge is -2.12. The van der Waals surface area contributed by atoms with Crippen molar-refractivity contribution in [2.24, 2.45) is 5.14 Å². The minimum atomic E-state index is -3.79. The minimum absolute atomic E-state index is 0.0849. The molecule has 3 N–H and O–H groups in total. The van der Waals surface area contributed by atoms with E-state index in [4.69, 9.17) is 14.6 Å². The number of nitrogens with one attached hydrogen (secondary N) is 1. The van der Waals surface area contributed by atoms with Gasteiger partial charge < -0.3 is 9.47 Å². The zero-order chi connectivity index (χ0) is 19.8. The molecule has 3 aromatic rings. The summed E-state index contributed by atoms with van der Waals surface area (Å²) in [5.74, 6) is -0.497. The van der Waals surface area contributed by atoms with Crippen LogP contribution in [-0.4, -0.2) is 32.8 Å². The largest absolute Gasteiger partial charge is 0.493 e. The van der Waals surface area contributed by atoms with Crippen molar-refractivity contribution in [3.63, 3.8) is 0 Å². The van der Waals surface area contributed by atoms with E-state index in [1.54, 1.807) is 0 Å². The number of nitrogens with two attached hydrogens (primary N) is 1. The fourth-order valence-corrected chi connectivity index (χ4v) is 3.41. The van der Waals surface area contributed by atoms with Crippen molar-refractivity contribution in [1.82, 2.24) is 10.2 Å². The second kappa shape index (κ2) is 6.97. The van der Waals surface area contributed by atoms with Gasteiger partial charge in [-0.15, -0.1) is 0 Å². The van der Waals surface area contributed by atoms with Crippen LogP contribution in [0.4, 0.5) is 4.39 Å². The van der Waals surface area contributed by atoms with Crippen LogP contribution in [0.2, 0.25) is 0 Å². The van der Waals surface area contributed by atoms with E-state index in [0.29, 0.717) is 16.9 Å². The molecular weight excluding hydrogens is 377 g/mol. The molecule has 0 atom stereocenters. The van der Waals surface area contributed by atoms with E-state index in [1.807, 2.05) is 0 Å². The molecule has 0 spiro atoms. The van der Waals surface area contributed by atoms with E-state index in [1.165, 1.54) is 38.5 Å². The van der Waals surface area contributed by atoms with Crippen LogP contribution in [0.3, 0.4) is 0 Å². The second-order valence-electron chi connectivity index (χ2n) is 5.78. The standard InChI is InChI=1S/C17H16FN3O5S/c1-25-14-6-11-12(7-15(14)26-2)17(22)21-20-16(11)10-4-3-9(5-13(10)18)8-27(19,23)24/h3-7H,8H2,1-2H3,(H,21,22)(H2,19,23,24). The maximum atomic E-state index is 14.6. The van der Waals surface area contributed by atoms with Crippen LogP contribution in [0, 0.1) is 5.82 Å². The van der Waals surface area contributed by atoms with Crippen LogP contribution in [-0.2, 0) is 15.8 Å². The quantitative estimate of drug-likeness (QED) is 0.677. The predicted molar refractivity (Wildman–Crippen MR) is 97.7 cm³/mol. The number of hydrogen-bond acceptors (Lipinski definition) is 6. The Balaban J connectivity index is 2.23. The molecule has 1 aromatic heterocycles. The van der Waals surface area contributed by atoms with Crippen molar-refractivity contribution in [1.29, 1.82) is 0 Å². The minimum Gasteiger partial charge on any atom is -0.493 e. The Hall–Kier alpha value is -2.98. The third-order valence-electron chi connectivity index (χ3n) is 3.95. The summed E-state index contributed by atoms with van der Waals surface area (Å²) in [6.07, 6.45) is 0. The molecule has 27 heavy (non-hydrogen) atoms. The van der Waals surface area contributed by atoms with Crippen molar-refractivity contribution in [3.8, 4) is 22.8 Å². The van der Waals surface area contributed by atoms with Gasteiger partial charge in [0.15, 0.2) is 11.5 Å². The fraction of sp³-hybridized carbons (Fsp3) is 0.176. The van der Waals surface area contributed by atoms with Crippen molar-refractivity contribution >= 4 is 20.8 Å². The van der Waals surface area contributed by atoms with Gasteiger partial charge in [0.1, 0.15) is 11.5 Å². The number of aromatic nitrogens is 2. The summed E-state index contributed by atoms with van der Waals surface area (Å²) in [6.45, 7) is 0. The van der Waals surface area contributed by atoms with Crippen molar-refractivity contribution in [3.05, 3.63) is 52.1 Å². The summed E-state index contributed by atoms with van der Waals surface area (Å²) in [4.78, 5) is 12.1. The average molecular weight is 393 g/mol. The zero-order valence-electron chi connectivity index (χ0n) is 14.4. The van der Waals surface area contributed by atoms with Crippen molar-refractivity contribution < 1.29 is 22.3 Å². The molecular formula is C17H16FN3O5S. The molecule has 3 rings (SSSR count). The average Bonchev–Trinajstić information content (AvgIpc) is 2.60. The number of fused-ring (bicyclic) bond motifs is 1. The van der Waals surface area contributed by atoms with Gasteiger partial charge >= 0.3 is 0 Å². The number of rotatable bonds is 5. The third-order valence-corrected chi connectivity index (χ3v) is 4.68. The van der Waals surface area contributed by atoms with Gasteiger partial charge in [-0.05, 0) is 29.8 Å². The summed E-state index contributed by atoms with van der Waals surface area (Å²) in [5, 5.41) is 11.9. The monoisotopic (exact) mass is 393 g/mol. The number of primary sulfonamides is 1. The van der Waals surface area contributed by atoms with Crippen molar-refractivity contribution in [2.75, 3.05) is 14.2 Å². The molecule has 2 aromatic carbocycles. The first-order chi connectivity index (χ1) is 12.7. The molecule has 0 unspecified atom stereocenters. The highest BCUT2D eigenvalue weighted by molar-refractivity contribution is 7.88. The molecule has 10 heteroatoms. The lowest BCUT2D eigenvalue weighted by atomic mass is 10.0. The number of sulfonamides is 1. The van der Waals surface area contributed by atoms with E-state index >= 15 is 0 Å². The van der Waals surface area contributed by atoms with Crippen LogP contribution in [0.25, 0.3) is 22.0 Å². The van der Waals surface area contributed by atoms with E-state index in [9.17, 15) is 17.6 Å². The molecule has 0 amide bonds. The van der Waals surface area contributed by atoms with E-state index < -0.39 is 27.2 Å². The molecule has 8 nitrogen and oxygen atoms in total. The van der Waals surface area contributed by atoms with E-state index in [2.05, 4.69) is 10.2 Å². The van der Waals surface area contributed by atoms with Crippen LogP contribution < -0.4 is 20.2 Å². The molecule has 0 aliphatic carbocycles. The van der Waals surface area contributed by atoms with E-state index in [0.717, 1.165) is 6.07 Å². The summed E-state index contributed by atoms with van der Waals surface area (Å²) in [5.41, 5.74) is -0.0143. The molecule has 0 saturated heterocycles. The normalized spacial score (nSPS) is 11.6. The number of benzene rings is 2. The Morgan fingerprint density at radius 3 is 2.30 bits per heavy atom. The molecule has 142 valence electrons. The predicted octanol–water partition coefficient (Wildman–Crippen LogP) is 1.53. The Morgan fingerprint density at radius 2 is 1.74 bits per heavy atom. The summed E-state index contributed by atoms with van der Waals surface area (Å²) in [6, 6.07) is 6.89. The molecule has 1 heterocycles. The molecule has 0 aliphatic heterocycles. The number of halogens is 1. The number of nitrogens with zero attached hydrogens (tertiary/aromatic N) is 1. The number of methoxy groups -OCH3 is 2. The van der Waals surface area contributed by atoms with E-state index in [-0.39, 0.29) is 22.2 Å². The molecule has 0 radical (unpaired) electrons. The lowest BCUT2D eigenvalue weighted by Crippen LogP contribution is -2.14. The summed E-state index contributed by atoms with van der Waals surface area (Å²) >= 11 is 0. The van der Waals surface area contributed by atoms with Crippen LogP contribution in [0.5, 0.6) is 11.5 Å². The maximum Gasteiger partial charge on any atom is 0.272 e. The first kappa shape index (κ1) is 18.8. The highest BCUT2D eigenvalue weighted by Gasteiger charge is 2.17. The molecule has 0 saturated carbocycles. The number of ether oxygens (including phenoxy) is 2. The van der Waals surface area contributed by atoms with Gasteiger partial charge in [-0.25, -0.2) is 23.0 Å². The van der Waals surface area contributed by atoms with Crippen LogP contribution >= 0.6 is 0 Å². The number of aromatic amines is 1. The van der Waals surface area contributed by atoms with Gasteiger partial charge in [0.2, 0.25) is 10.0 Å². The third kappa shape index (κ3) is 3.76. The first-order valence-corrected chi connectivity index (χ1v) is 9.38. The Bertz CT molecular complexity index is 1190. The van der Waals surface area contributed by atoms with Gasteiger partial charge in [-0.3, -0.25) is 4.79 Å². The Labute approximate surface area is 153 Å². The second-order valence-corrected chi connectivity index (χ2v) is 7.39. The topological polar surface area (TPSA) is 124 Å². The van der Waals surface area contributed by atoms with Crippen LogP contribution in [0.15, 0.2) is 35.1 Å². The van der Waals surface area contributed by atoms with Gasteiger partial charge in [-0.2, -0.15) is 5.10 Å². The first-order valence-electron chi connectivity index (χ1n) is 7.67. The Kier molecular flexibility index (Phi) is 4.85. The summed E-state index contributed by atoms with van der Waals surface area (Å²) < 4.78 is 47.4. The fourth-order valence-electron chi connectivity index (χ4n) is 2.77. The highest BCUT2D eigenvalue weighted by atomic mass is 32.2. The highest BCUT2D eigenvalue weighted by Crippen LogP contribution is 2.35. The number of hydrogen-bond donors (Lipinski definition) is 2. The smallest absolute Gasteiger partial charge is 0.272 e. The van der Waals surface area contributed by atoms with Gasteiger partial charge in [0.05, 0.1) is 25.4 Å². The van der Waals surface area contributed by atoms with Crippen LogP contribution in [0.1, 0.15) is 5.56 Å². The maximum absolute atomic E-state index is 14.6. The van der Waals surface area contributed by atoms with Gasteiger partial charge in [0.25, 0.3) is 5.56 Å². The molecule has 0 aliphatic rings. The van der Waals surface area contributed by atoms with Crippen molar-refractivity contribution in [2.45, 2.75) is 5.75 Å². The summed E-state index contributed by atoms with van der Waals surface area (Å²) in [7, 11) is -0.917. The lowest BCUT2D eigenvalue weighted by molar-refractivity contribution is 0.356.